The van der Waals surface area contributed by atoms with Crippen LogP contribution in [0.4, 0.5) is 5.95 Å². The molecule has 0 saturated heterocycles. The molecule has 170 valence electrons. The van der Waals surface area contributed by atoms with Gasteiger partial charge < -0.3 is 14.8 Å². The number of allylic oxidation sites excluding steroid dienone is 1. The van der Waals surface area contributed by atoms with Crippen molar-refractivity contribution in [2.45, 2.75) is 26.2 Å². The second-order valence-electron chi connectivity index (χ2n) is 7.92. The largest absolute Gasteiger partial charge is 0.489 e. The van der Waals surface area contributed by atoms with Gasteiger partial charge in [-0.3, -0.25) is 0 Å². The maximum absolute atomic E-state index is 13.2. The van der Waals surface area contributed by atoms with Crippen molar-refractivity contribution in [3.8, 4) is 5.75 Å². The third-order valence-corrected chi connectivity index (χ3v) is 5.59. The number of esters is 1. The predicted octanol–water partition coefficient (Wildman–Crippen LogP) is 4.28. The number of aromatic nitrogens is 4. The van der Waals surface area contributed by atoms with E-state index in [1.54, 1.807) is 4.68 Å². The number of tetrazole rings is 1. The van der Waals surface area contributed by atoms with Crippen molar-refractivity contribution in [1.29, 1.82) is 0 Å². The highest BCUT2D eigenvalue weighted by atomic mass is 16.5. The van der Waals surface area contributed by atoms with Crippen LogP contribution in [0.1, 0.15) is 29.7 Å². The summed E-state index contributed by atoms with van der Waals surface area (Å²) in [5, 5.41) is 15.0. The number of fused-ring (bicyclic) bond motifs is 1. The lowest BCUT2D eigenvalue weighted by Gasteiger charge is -2.27. The van der Waals surface area contributed by atoms with Crippen LogP contribution < -0.4 is 10.1 Å². The number of anilines is 1. The summed E-state index contributed by atoms with van der Waals surface area (Å²) in [5.41, 5.74) is 3.94. The Hall–Kier alpha value is -4.46. The SMILES string of the molecule is CC1=C(C(=O)OCc2ccccc2)[C@@H](c2ccc(OCc3ccccc3)cc2)n2nnnc2N1. The molecule has 3 aromatic carbocycles. The summed E-state index contributed by atoms with van der Waals surface area (Å²) in [7, 11) is 0. The quantitative estimate of drug-likeness (QED) is 0.418. The molecule has 4 aromatic rings. The first-order valence-corrected chi connectivity index (χ1v) is 10.9. The van der Waals surface area contributed by atoms with Crippen molar-refractivity contribution >= 4 is 11.9 Å². The molecule has 8 nitrogen and oxygen atoms in total. The summed E-state index contributed by atoms with van der Waals surface area (Å²) in [6.45, 7) is 2.47. The fraction of sp³-hybridized carbons (Fsp3) is 0.154. The van der Waals surface area contributed by atoms with Gasteiger partial charge in [-0.05, 0) is 46.2 Å². The van der Waals surface area contributed by atoms with E-state index in [-0.39, 0.29) is 6.61 Å². The molecule has 2 heterocycles. The monoisotopic (exact) mass is 453 g/mol. The molecule has 0 saturated carbocycles. The van der Waals surface area contributed by atoms with Crippen LogP contribution in [0.5, 0.6) is 5.75 Å². The molecule has 1 aromatic heterocycles. The van der Waals surface area contributed by atoms with E-state index >= 15 is 0 Å². The molecule has 8 heteroatoms. The molecule has 1 aliphatic rings. The normalized spacial score (nSPS) is 14.8. The third-order valence-electron chi connectivity index (χ3n) is 5.59. The first-order chi connectivity index (χ1) is 16.7. The number of nitrogens with one attached hydrogen (secondary N) is 1. The van der Waals surface area contributed by atoms with Crippen LogP contribution in [0, 0.1) is 0 Å². The van der Waals surface area contributed by atoms with Gasteiger partial charge in [0.1, 0.15) is 25.0 Å². The van der Waals surface area contributed by atoms with Crippen molar-refractivity contribution in [2.24, 2.45) is 0 Å². The second-order valence-corrected chi connectivity index (χ2v) is 7.92. The highest BCUT2D eigenvalue weighted by Crippen LogP contribution is 2.35. The molecule has 1 aliphatic heterocycles. The molecule has 0 amide bonds. The van der Waals surface area contributed by atoms with Gasteiger partial charge in [-0.25, -0.2) is 4.79 Å². The number of rotatable bonds is 7. The van der Waals surface area contributed by atoms with E-state index in [1.807, 2.05) is 91.9 Å². The third kappa shape index (κ3) is 4.52. The van der Waals surface area contributed by atoms with Crippen LogP contribution in [-0.2, 0) is 22.7 Å². The summed E-state index contributed by atoms with van der Waals surface area (Å²) < 4.78 is 13.1. The molecule has 0 spiro atoms. The molecular weight excluding hydrogens is 430 g/mol. The Morgan fingerprint density at radius 3 is 2.24 bits per heavy atom. The minimum atomic E-state index is -0.530. The molecule has 0 radical (unpaired) electrons. The van der Waals surface area contributed by atoms with Crippen molar-refractivity contribution in [3.05, 3.63) is 113 Å². The number of ether oxygens (including phenoxy) is 2. The molecule has 34 heavy (non-hydrogen) atoms. The van der Waals surface area contributed by atoms with Gasteiger partial charge in [0.15, 0.2) is 0 Å². The average molecular weight is 454 g/mol. The van der Waals surface area contributed by atoms with Crippen LogP contribution in [0.15, 0.2) is 96.2 Å². The molecule has 0 fully saturated rings. The Labute approximate surface area is 196 Å². The van der Waals surface area contributed by atoms with Crippen molar-refractivity contribution < 1.29 is 14.3 Å². The van der Waals surface area contributed by atoms with Crippen LogP contribution >= 0.6 is 0 Å². The van der Waals surface area contributed by atoms with Crippen molar-refractivity contribution in [2.75, 3.05) is 5.32 Å². The first kappa shape index (κ1) is 21.4. The van der Waals surface area contributed by atoms with E-state index in [4.69, 9.17) is 9.47 Å². The Morgan fingerprint density at radius 1 is 0.912 bits per heavy atom. The average Bonchev–Trinajstić information content (AvgIpc) is 3.35. The summed E-state index contributed by atoms with van der Waals surface area (Å²) in [5.74, 6) is 0.767. The number of nitrogens with zero attached hydrogens (tertiary/aromatic N) is 4. The summed E-state index contributed by atoms with van der Waals surface area (Å²) in [6.07, 6.45) is 0. The van der Waals surface area contributed by atoms with Crippen LogP contribution in [0.2, 0.25) is 0 Å². The van der Waals surface area contributed by atoms with E-state index < -0.39 is 12.0 Å². The summed E-state index contributed by atoms with van der Waals surface area (Å²) in [4.78, 5) is 13.2. The lowest BCUT2D eigenvalue weighted by Crippen LogP contribution is -2.29. The Balaban J connectivity index is 1.38. The zero-order valence-electron chi connectivity index (χ0n) is 18.6. The predicted molar refractivity (Wildman–Crippen MR) is 126 cm³/mol. The fourth-order valence-corrected chi connectivity index (χ4v) is 3.87. The summed E-state index contributed by atoms with van der Waals surface area (Å²) >= 11 is 0. The molecule has 0 unspecified atom stereocenters. The minimum absolute atomic E-state index is 0.178. The van der Waals surface area contributed by atoms with E-state index in [9.17, 15) is 4.79 Å². The lowest BCUT2D eigenvalue weighted by molar-refractivity contribution is -0.140. The number of hydrogen-bond acceptors (Lipinski definition) is 7. The minimum Gasteiger partial charge on any atom is -0.489 e. The molecule has 5 rings (SSSR count). The maximum Gasteiger partial charge on any atom is 0.338 e. The highest BCUT2D eigenvalue weighted by Gasteiger charge is 2.35. The van der Waals surface area contributed by atoms with Crippen LogP contribution in [0.3, 0.4) is 0 Å². The van der Waals surface area contributed by atoms with Crippen molar-refractivity contribution in [3.63, 3.8) is 0 Å². The van der Waals surface area contributed by atoms with Gasteiger partial charge in [0.25, 0.3) is 0 Å². The van der Waals surface area contributed by atoms with Gasteiger partial charge in [-0.15, -0.1) is 0 Å². The number of carbonyl (C=O) groups excluding carboxylic acids is 1. The standard InChI is InChI=1S/C26H23N5O3/c1-18-23(25(32)34-17-20-10-6-3-7-11-20)24(31-26(27-18)28-29-30-31)21-12-14-22(15-13-21)33-16-19-8-4-2-5-9-19/h2-15,24H,16-17H2,1H3,(H,27,28,30)/t24-/m1/s1. The molecule has 0 aliphatic carbocycles. The van der Waals surface area contributed by atoms with E-state index in [0.717, 1.165) is 22.4 Å². The number of carbonyl (C=O) groups is 1. The highest BCUT2D eigenvalue weighted by molar-refractivity contribution is 5.92. The molecule has 1 N–H and O–H groups in total. The number of benzene rings is 3. The summed E-state index contributed by atoms with van der Waals surface area (Å²) in [6, 6.07) is 26.6. The Morgan fingerprint density at radius 2 is 1.56 bits per heavy atom. The van der Waals surface area contributed by atoms with Gasteiger partial charge in [-0.2, -0.15) is 4.68 Å². The Kier molecular flexibility index (Phi) is 6.03. The Bertz CT molecular complexity index is 1300. The van der Waals surface area contributed by atoms with Gasteiger partial charge in [0, 0.05) is 5.70 Å². The van der Waals surface area contributed by atoms with Gasteiger partial charge >= 0.3 is 5.97 Å². The molecular formula is C26H23N5O3. The zero-order chi connectivity index (χ0) is 23.3. The lowest BCUT2D eigenvalue weighted by atomic mass is 9.95. The van der Waals surface area contributed by atoms with Gasteiger partial charge in [0.05, 0.1) is 5.57 Å². The zero-order valence-corrected chi connectivity index (χ0v) is 18.6. The van der Waals surface area contributed by atoms with E-state index in [2.05, 4.69) is 20.8 Å². The fourth-order valence-electron chi connectivity index (χ4n) is 3.87. The topological polar surface area (TPSA) is 91.2 Å². The smallest absolute Gasteiger partial charge is 0.338 e. The first-order valence-electron chi connectivity index (χ1n) is 10.9. The number of hydrogen-bond donors (Lipinski definition) is 1. The van der Waals surface area contributed by atoms with Gasteiger partial charge in [-0.1, -0.05) is 77.9 Å². The molecule has 0 bridgehead atoms. The van der Waals surface area contributed by atoms with Crippen LogP contribution in [-0.4, -0.2) is 26.2 Å². The van der Waals surface area contributed by atoms with E-state index in [1.165, 1.54) is 0 Å². The van der Waals surface area contributed by atoms with Crippen LogP contribution in [0.25, 0.3) is 0 Å². The maximum atomic E-state index is 13.2. The van der Waals surface area contributed by atoms with Gasteiger partial charge in [0.2, 0.25) is 5.95 Å². The van der Waals surface area contributed by atoms with E-state index in [0.29, 0.717) is 23.8 Å². The van der Waals surface area contributed by atoms with Crippen molar-refractivity contribution in [1.82, 2.24) is 20.2 Å². The second kappa shape index (κ2) is 9.58. The molecule has 1 atom stereocenters.